The molecule has 1 aromatic heterocycles. The number of nitrogens with two attached hydrogens (primary N) is 1. The molecule has 0 amide bonds. The predicted octanol–water partition coefficient (Wildman–Crippen LogP) is 0.734. The number of alkyl halides is 3. The monoisotopic (exact) mass is 371 g/mol. The molecule has 1 heterocycles. The third-order valence-electron chi connectivity index (χ3n) is 2.91. The van der Waals surface area contributed by atoms with Crippen LogP contribution in [0.4, 0.5) is 19.0 Å². The van der Waals surface area contributed by atoms with Crippen LogP contribution in [-0.4, -0.2) is 48.2 Å². The van der Waals surface area contributed by atoms with E-state index >= 15 is 0 Å². The van der Waals surface area contributed by atoms with E-state index in [1.807, 2.05) is 0 Å². The van der Waals surface area contributed by atoms with Gasteiger partial charge in [0, 0.05) is 26.2 Å². The molecule has 142 valence electrons. The Kier molecular flexibility index (Phi) is 8.62. The molecule has 0 aliphatic heterocycles. The van der Waals surface area contributed by atoms with Gasteiger partial charge in [-0.05, 0) is 18.9 Å². The molecule has 0 fully saturated rings. The molecule has 12 heteroatoms. The van der Waals surface area contributed by atoms with Crippen molar-refractivity contribution in [3.8, 4) is 6.19 Å². The van der Waals surface area contributed by atoms with Gasteiger partial charge in [0.1, 0.15) is 18.2 Å². The Morgan fingerprint density at radius 1 is 1.38 bits per heavy atom. The molecule has 0 aliphatic carbocycles. The third kappa shape index (κ3) is 9.26. The number of nitrogens with zero attached hydrogens (tertiary/aromatic N) is 5. The van der Waals surface area contributed by atoms with Crippen molar-refractivity contribution in [2.75, 3.05) is 25.5 Å². The molecule has 0 saturated carbocycles. The van der Waals surface area contributed by atoms with E-state index < -0.39 is 12.7 Å². The summed E-state index contributed by atoms with van der Waals surface area (Å²) in [6.07, 6.45) is 0.861. The van der Waals surface area contributed by atoms with Gasteiger partial charge >= 0.3 is 6.18 Å². The number of nitrogens with one attached hydrogen (secondary N) is 3. The van der Waals surface area contributed by atoms with Gasteiger partial charge in [-0.3, -0.25) is 0 Å². The number of guanidine groups is 2. The molecule has 0 atom stereocenters. The van der Waals surface area contributed by atoms with Gasteiger partial charge in [-0.25, -0.2) is 15.0 Å². The fraction of sp³-hybridized carbons (Fsp3) is 0.500. The molecule has 0 radical (unpaired) electrons. The summed E-state index contributed by atoms with van der Waals surface area (Å²) in [4.78, 5) is 15.0. The lowest BCUT2D eigenvalue weighted by atomic mass is 10.2. The Balaban J connectivity index is 2.43. The van der Waals surface area contributed by atoms with Crippen LogP contribution in [-0.2, 0) is 6.42 Å². The first kappa shape index (κ1) is 20.9. The predicted molar refractivity (Wildman–Crippen MR) is 91.2 cm³/mol. The smallest absolute Gasteiger partial charge is 0.370 e. The minimum atomic E-state index is -4.41. The lowest BCUT2D eigenvalue weighted by Crippen LogP contribution is -2.35. The van der Waals surface area contributed by atoms with Gasteiger partial charge in [-0.2, -0.15) is 18.4 Å². The van der Waals surface area contributed by atoms with Gasteiger partial charge in [0.2, 0.25) is 12.2 Å². The standard InChI is InChI=1S/C14H20F3N9/c1-20-13(24-9-18)22-6-3-2-4-10-21-7-5-11(25-10)26-12(19)23-8-14(15,16)17/h5,7H,2-4,6,8H2,1H3,(H2,20,22,24)(H3,19,21,23,25,26). The van der Waals surface area contributed by atoms with Crippen LogP contribution in [0.25, 0.3) is 0 Å². The van der Waals surface area contributed by atoms with E-state index in [9.17, 15) is 13.2 Å². The first-order valence-electron chi connectivity index (χ1n) is 7.68. The number of anilines is 1. The van der Waals surface area contributed by atoms with Crippen LogP contribution < -0.4 is 21.7 Å². The molecule has 9 nitrogen and oxygen atoms in total. The quantitative estimate of drug-likeness (QED) is 0.240. The number of nitriles is 1. The molecule has 5 N–H and O–H groups in total. The number of aromatic nitrogens is 2. The van der Waals surface area contributed by atoms with Crippen LogP contribution in [0.2, 0.25) is 0 Å². The Hall–Kier alpha value is -3.10. The molecule has 0 bridgehead atoms. The largest absolute Gasteiger partial charge is 0.408 e. The summed E-state index contributed by atoms with van der Waals surface area (Å²) in [6, 6.07) is 1.48. The second kappa shape index (κ2) is 10.7. The Bertz CT molecular complexity index is 664. The zero-order valence-electron chi connectivity index (χ0n) is 14.1. The summed E-state index contributed by atoms with van der Waals surface area (Å²) in [5, 5.41) is 16.7. The summed E-state index contributed by atoms with van der Waals surface area (Å²) in [7, 11) is 1.65. The molecule has 0 unspecified atom stereocenters. The molecule has 0 aromatic carbocycles. The first-order chi connectivity index (χ1) is 12.3. The Labute approximate surface area is 148 Å². The average molecular weight is 371 g/mol. The maximum Gasteiger partial charge on any atom is 0.408 e. The number of rotatable bonds is 7. The highest BCUT2D eigenvalue weighted by Gasteiger charge is 2.26. The zero-order valence-corrected chi connectivity index (χ0v) is 14.1. The van der Waals surface area contributed by atoms with Gasteiger partial charge in [0.25, 0.3) is 0 Å². The number of aryl methyl sites for hydroxylation is 1. The molecule has 0 spiro atoms. The molecule has 0 saturated heterocycles. The fourth-order valence-electron chi connectivity index (χ4n) is 1.78. The average Bonchev–Trinajstić information content (AvgIpc) is 2.58. The fourth-order valence-corrected chi connectivity index (χ4v) is 1.78. The minimum Gasteiger partial charge on any atom is -0.370 e. The second-order valence-corrected chi connectivity index (χ2v) is 4.99. The summed E-state index contributed by atoms with van der Waals surface area (Å²) in [5.74, 6) is 0.824. The molecular weight excluding hydrogens is 351 g/mol. The van der Waals surface area contributed by atoms with Crippen LogP contribution in [0.1, 0.15) is 18.7 Å². The molecule has 26 heavy (non-hydrogen) atoms. The van der Waals surface area contributed by atoms with Crippen LogP contribution in [0, 0.1) is 11.5 Å². The van der Waals surface area contributed by atoms with Crippen molar-refractivity contribution in [2.45, 2.75) is 25.4 Å². The summed E-state index contributed by atoms with van der Waals surface area (Å²) in [6.45, 7) is -0.753. The summed E-state index contributed by atoms with van der Waals surface area (Å²) >= 11 is 0. The van der Waals surface area contributed by atoms with Crippen molar-refractivity contribution < 1.29 is 13.2 Å². The van der Waals surface area contributed by atoms with Crippen LogP contribution in [0.3, 0.4) is 0 Å². The van der Waals surface area contributed by atoms with Gasteiger partial charge in [-0.1, -0.05) is 0 Å². The number of halogens is 3. The summed E-state index contributed by atoms with van der Waals surface area (Å²) in [5.41, 5.74) is 5.40. The van der Waals surface area contributed by atoms with Crippen LogP contribution in [0.5, 0.6) is 0 Å². The van der Waals surface area contributed by atoms with E-state index in [0.29, 0.717) is 24.7 Å². The molecule has 0 aliphatic rings. The highest BCUT2D eigenvalue weighted by atomic mass is 19.4. The number of aliphatic imine (C=N–C) groups is 2. The van der Waals surface area contributed by atoms with E-state index in [1.165, 1.54) is 12.3 Å². The van der Waals surface area contributed by atoms with Gasteiger partial charge in [0.15, 0.2) is 5.96 Å². The van der Waals surface area contributed by atoms with Crippen LogP contribution >= 0.6 is 0 Å². The maximum atomic E-state index is 12.1. The van der Waals surface area contributed by atoms with Crippen molar-refractivity contribution in [3.63, 3.8) is 0 Å². The summed E-state index contributed by atoms with van der Waals surface area (Å²) < 4.78 is 36.3. The van der Waals surface area contributed by atoms with Gasteiger partial charge < -0.3 is 21.7 Å². The van der Waals surface area contributed by atoms with Crippen molar-refractivity contribution in [1.82, 2.24) is 20.6 Å². The minimum absolute atomic E-state index is 0.273. The SMILES string of the molecule is CN/C(=N/C#N)NCCCCc1nccc(N/C(N)=N\CC(F)(F)F)n1. The molecular formula is C14H20F3N9. The van der Waals surface area contributed by atoms with E-state index in [1.54, 1.807) is 13.2 Å². The van der Waals surface area contributed by atoms with Gasteiger partial charge in [-0.15, -0.1) is 4.99 Å². The van der Waals surface area contributed by atoms with Crippen molar-refractivity contribution in [1.29, 1.82) is 5.26 Å². The van der Waals surface area contributed by atoms with E-state index in [0.717, 1.165) is 12.8 Å². The number of hydrogen-bond acceptors (Lipinski definition) is 5. The van der Waals surface area contributed by atoms with E-state index in [-0.39, 0.29) is 11.8 Å². The van der Waals surface area contributed by atoms with E-state index in [4.69, 9.17) is 11.0 Å². The highest BCUT2D eigenvalue weighted by Crippen LogP contribution is 2.14. The molecule has 1 aromatic rings. The molecule has 1 rings (SSSR count). The van der Waals surface area contributed by atoms with Crippen molar-refractivity contribution >= 4 is 17.7 Å². The first-order valence-corrected chi connectivity index (χ1v) is 7.68. The topological polar surface area (TPSA) is 136 Å². The Morgan fingerprint density at radius 3 is 2.81 bits per heavy atom. The lowest BCUT2D eigenvalue weighted by Gasteiger charge is -2.08. The normalized spacial score (nSPS) is 12.4. The highest BCUT2D eigenvalue weighted by molar-refractivity contribution is 5.91. The second-order valence-electron chi connectivity index (χ2n) is 4.99. The van der Waals surface area contributed by atoms with Crippen LogP contribution in [0.15, 0.2) is 22.2 Å². The number of hydrogen-bond donors (Lipinski definition) is 4. The number of unbranched alkanes of at least 4 members (excludes halogenated alkanes) is 1. The van der Waals surface area contributed by atoms with Gasteiger partial charge in [0.05, 0.1) is 0 Å². The van der Waals surface area contributed by atoms with Crippen molar-refractivity contribution in [2.24, 2.45) is 15.7 Å². The third-order valence-corrected chi connectivity index (χ3v) is 2.91. The zero-order chi connectivity index (χ0) is 19.4. The lowest BCUT2D eigenvalue weighted by molar-refractivity contribution is -0.118. The Morgan fingerprint density at radius 2 is 2.15 bits per heavy atom. The van der Waals surface area contributed by atoms with Crippen molar-refractivity contribution in [3.05, 3.63) is 18.1 Å². The van der Waals surface area contributed by atoms with E-state index in [2.05, 4.69) is 35.9 Å². The maximum absolute atomic E-state index is 12.1.